The van der Waals surface area contributed by atoms with E-state index in [1.54, 1.807) is 0 Å². The maximum atomic E-state index is 2.31. The molecule has 3 rings (SSSR count). The van der Waals surface area contributed by atoms with Crippen LogP contribution in [0.1, 0.15) is 22.3 Å². The van der Waals surface area contributed by atoms with Crippen molar-refractivity contribution in [3.8, 4) is 11.1 Å². The van der Waals surface area contributed by atoms with Crippen LogP contribution in [0.15, 0.2) is 36.4 Å². The van der Waals surface area contributed by atoms with E-state index in [9.17, 15) is 0 Å². The zero-order valence-corrected chi connectivity index (χ0v) is 13.3. The van der Waals surface area contributed by atoms with E-state index in [-0.39, 0.29) is 25.8 Å². The van der Waals surface area contributed by atoms with Crippen LogP contribution in [0.4, 0.5) is 0 Å². The first kappa shape index (κ1) is 11.8. The third-order valence-electron chi connectivity index (χ3n) is 3.20. The second-order valence-electron chi connectivity index (χ2n) is 4.50. The Morgan fingerprint density at radius 1 is 0.750 bits per heavy atom. The summed E-state index contributed by atoms with van der Waals surface area (Å²) < 4.78 is 0. The summed E-state index contributed by atoms with van der Waals surface area (Å²) in [6.45, 7) is 4.32. The van der Waals surface area contributed by atoms with Gasteiger partial charge in [0, 0.05) is 25.8 Å². The van der Waals surface area contributed by atoms with E-state index >= 15 is 0 Å². The standard InChI is InChI=1S/C15H14.Hf/c1-10-3-5-12-9-13-6-4-11(2)8-15(13)14(12)7-10;/h3-8H,9H2,1-2H3;. The van der Waals surface area contributed by atoms with Crippen LogP contribution in [0.3, 0.4) is 0 Å². The molecule has 0 radical (unpaired) electrons. The van der Waals surface area contributed by atoms with Crippen LogP contribution in [-0.2, 0) is 32.3 Å². The summed E-state index contributed by atoms with van der Waals surface area (Å²) in [5.74, 6) is 0. The molecule has 0 unspecified atom stereocenters. The summed E-state index contributed by atoms with van der Waals surface area (Å²) in [7, 11) is 0. The summed E-state index contributed by atoms with van der Waals surface area (Å²) in [6, 6.07) is 13.6. The van der Waals surface area contributed by atoms with Gasteiger partial charge in [0.15, 0.2) is 0 Å². The van der Waals surface area contributed by atoms with Crippen molar-refractivity contribution in [2.24, 2.45) is 0 Å². The van der Waals surface area contributed by atoms with Gasteiger partial charge in [0.2, 0.25) is 0 Å². The number of hydrogen-bond acceptors (Lipinski definition) is 0. The van der Waals surface area contributed by atoms with Gasteiger partial charge in [0.25, 0.3) is 0 Å². The Bertz CT molecular complexity index is 492. The molecule has 1 heteroatoms. The smallest absolute Gasteiger partial charge is 0 e. The minimum absolute atomic E-state index is 0. The molecule has 0 saturated heterocycles. The van der Waals surface area contributed by atoms with Gasteiger partial charge in [-0.1, -0.05) is 47.5 Å². The topological polar surface area (TPSA) is 0 Å². The normalized spacial score (nSPS) is 11.6. The fourth-order valence-corrected chi connectivity index (χ4v) is 2.40. The van der Waals surface area contributed by atoms with Crippen LogP contribution >= 0.6 is 0 Å². The molecule has 0 heterocycles. The van der Waals surface area contributed by atoms with Crippen LogP contribution in [0.5, 0.6) is 0 Å². The predicted molar refractivity (Wildman–Crippen MR) is 64.2 cm³/mol. The van der Waals surface area contributed by atoms with Gasteiger partial charge in [0.05, 0.1) is 0 Å². The van der Waals surface area contributed by atoms with Crippen molar-refractivity contribution >= 4 is 0 Å². The average molecular weight is 373 g/mol. The summed E-state index contributed by atoms with van der Waals surface area (Å²) in [6.07, 6.45) is 1.10. The third-order valence-corrected chi connectivity index (χ3v) is 3.20. The molecule has 0 saturated carbocycles. The Morgan fingerprint density at radius 3 is 1.62 bits per heavy atom. The van der Waals surface area contributed by atoms with Crippen LogP contribution < -0.4 is 0 Å². The van der Waals surface area contributed by atoms with E-state index in [0.29, 0.717) is 0 Å². The third kappa shape index (κ3) is 1.82. The van der Waals surface area contributed by atoms with E-state index in [0.717, 1.165) is 6.42 Å². The first-order valence-electron chi connectivity index (χ1n) is 5.43. The molecule has 0 atom stereocenters. The van der Waals surface area contributed by atoms with Crippen molar-refractivity contribution in [2.45, 2.75) is 20.3 Å². The van der Waals surface area contributed by atoms with Crippen LogP contribution in [0, 0.1) is 13.8 Å². The first-order valence-corrected chi connectivity index (χ1v) is 5.43. The quantitative estimate of drug-likeness (QED) is 0.525. The molecule has 16 heavy (non-hydrogen) atoms. The van der Waals surface area contributed by atoms with Gasteiger partial charge in [-0.25, -0.2) is 0 Å². The summed E-state index contributed by atoms with van der Waals surface area (Å²) in [5.41, 5.74) is 8.52. The van der Waals surface area contributed by atoms with Crippen molar-refractivity contribution < 1.29 is 25.8 Å². The van der Waals surface area contributed by atoms with E-state index in [2.05, 4.69) is 50.2 Å². The Balaban J connectivity index is 0.000000963. The Labute approximate surface area is 115 Å². The Hall–Kier alpha value is -0.690. The molecule has 0 aromatic heterocycles. The SMILES string of the molecule is Cc1ccc2c(c1)-c1cc(C)ccc1C2.[Hf]. The molecule has 0 fully saturated rings. The van der Waals surface area contributed by atoms with Gasteiger partial charge in [0.1, 0.15) is 0 Å². The largest absolute Gasteiger partial charge is 0.0590 e. The Morgan fingerprint density at radius 2 is 1.19 bits per heavy atom. The minimum atomic E-state index is 0. The zero-order valence-electron chi connectivity index (χ0n) is 9.67. The van der Waals surface area contributed by atoms with Crippen molar-refractivity contribution in [2.75, 3.05) is 0 Å². The molecule has 2 aromatic rings. The van der Waals surface area contributed by atoms with Gasteiger partial charge in [-0.3, -0.25) is 0 Å². The van der Waals surface area contributed by atoms with Gasteiger partial charge < -0.3 is 0 Å². The van der Waals surface area contributed by atoms with Gasteiger partial charge >= 0.3 is 0 Å². The fourth-order valence-electron chi connectivity index (χ4n) is 2.40. The van der Waals surface area contributed by atoms with Crippen molar-refractivity contribution in [3.63, 3.8) is 0 Å². The fraction of sp³-hybridized carbons (Fsp3) is 0.200. The second kappa shape index (κ2) is 4.29. The first-order chi connectivity index (χ1) is 7.24. The molecule has 2 aromatic carbocycles. The van der Waals surface area contributed by atoms with E-state index in [1.165, 1.54) is 33.4 Å². The molecule has 78 valence electrons. The van der Waals surface area contributed by atoms with E-state index < -0.39 is 0 Å². The molecule has 1 aliphatic carbocycles. The minimum Gasteiger partial charge on any atom is -0.0590 e. The predicted octanol–water partition coefficient (Wildman–Crippen LogP) is 3.87. The number of aryl methyl sites for hydroxylation is 2. The number of hydrogen-bond donors (Lipinski definition) is 0. The van der Waals surface area contributed by atoms with Gasteiger partial charge in [-0.15, -0.1) is 0 Å². The summed E-state index contributed by atoms with van der Waals surface area (Å²) >= 11 is 0. The molecular weight excluding hydrogens is 359 g/mol. The average Bonchev–Trinajstić information content (AvgIpc) is 2.56. The van der Waals surface area contributed by atoms with Crippen molar-refractivity contribution in [3.05, 3.63) is 58.7 Å². The Kier molecular flexibility index (Phi) is 3.16. The number of rotatable bonds is 0. The maximum Gasteiger partial charge on any atom is 0 e. The second-order valence-corrected chi connectivity index (χ2v) is 4.50. The van der Waals surface area contributed by atoms with E-state index in [4.69, 9.17) is 0 Å². The maximum absolute atomic E-state index is 2.31. The van der Waals surface area contributed by atoms with Crippen molar-refractivity contribution in [1.82, 2.24) is 0 Å². The van der Waals surface area contributed by atoms with Crippen LogP contribution in [0.2, 0.25) is 0 Å². The van der Waals surface area contributed by atoms with Crippen molar-refractivity contribution in [1.29, 1.82) is 0 Å². The van der Waals surface area contributed by atoms with Gasteiger partial charge in [-0.2, -0.15) is 0 Å². The molecule has 0 nitrogen and oxygen atoms in total. The number of fused-ring (bicyclic) bond motifs is 3. The van der Waals surface area contributed by atoms with E-state index in [1.807, 2.05) is 0 Å². The summed E-state index contributed by atoms with van der Waals surface area (Å²) in [4.78, 5) is 0. The molecule has 0 N–H and O–H groups in total. The van der Waals surface area contributed by atoms with Gasteiger partial charge in [-0.05, 0) is 42.5 Å². The number of benzene rings is 2. The summed E-state index contributed by atoms with van der Waals surface area (Å²) in [5, 5.41) is 0. The molecular formula is C15H14Hf. The molecule has 0 amide bonds. The molecule has 0 aliphatic heterocycles. The van der Waals surface area contributed by atoms with Crippen LogP contribution in [-0.4, -0.2) is 0 Å². The monoisotopic (exact) mass is 374 g/mol. The van der Waals surface area contributed by atoms with Crippen LogP contribution in [0.25, 0.3) is 11.1 Å². The zero-order chi connectivity index (χ0) is 10.4. The molecule has 0 bridgehead atoms. The molecule has 0 spiro atoms. The molecule has 1 aliphatic rings.